The molecule has 2 aliphatic heterocycles. The summed E-state index contributed by atoms with van der Waals surface area (Å²) in [6.07, 6.45) is 2.17. The fourth-order valence-electron chi connectivity index (χ4n) is 4.16. The number of ether oxygens (including phenoxy) is 2. The first-order valence-electron chi connectivity index (χ1n) is 10.7. The molecule has 1 saturated heterocycles. The molecule has 4 heterocycles. The van der Waals surface area contributed by atoms with Crippen LogP contribution >= 0.6 is 0 Å². The van der Waals surface area contributed by atoms with E-state index in [-0.39, 0.29) is 6.61 Å². The lowest BCUT2D eigenvalue weighted by Crippen LogP contribution is -2.51. The number of carbonyl (C=O) groups is 2. The molecule has 0 aliphatic carbocycles. The maximum absolute atomic E-state index is 12.3. The Bertz CT molecular complexity index is 1060. The van der Waals surface area contributed by atoms with Gasteiger partial charge in [0.2, 0.25) is 0 Å². The second kappa shape index (κ2) is 8.63. The number of piperazine rings is 1. The summed E-state index contributed by atoms with van der Waals surface area (Å²) >= 11 is 0. The third kappa shape index (κ3) is 4.06. The Morgan fingerprint density at radius 1 is 1.25 bits per heavy atom. The standard InChI is InChI=1S/C23H26N4O5/c1-4-30-22(29)21(28)27-9-7-26(8-10-27)20-16(13-24)15-12-23(2,3)32-14-17(15)19(25-20)18-6-5-11-31-18/h5-6,11H,4,7-10,12,14H2,1-3H3. The van der Waals surface area contributed by atoms with E-state index < -0.39 is 17.5 Å². The number of esters is 1. The number of nitriles is 1. The molecule has 0 atom stereocenters. The van der Waals surface area contributed by atoms with Crippen molar-refractivity contribution in [1.29, 1.82) is 5.26 Å². The highest BCUT2D eigenvalue weighted by Crippen LogP contribution is 2.39. The van der Waals surface area contributed by atoms with Crippen LogP contribution in [0.2, 0.25) is 0 Å². The van der Waals surface area contributed by atoms with Crippen molar-refractivity contribution < 1.29 is 23.5 Å². The number of fused-ring (bicyclic) bond motifs is 1. The van der Waals surface area contributed by atoms with Gasteiger partial charge >= 0.3 is 11.9 Å². The zero-order valence-corrected chi connectivity index (χ0v) is 18.5. The van der Waals surface area contributed by atoms with Crippen molar-refractivity contribution in [1.82, 2.24) is 9.88 Å². The van der Waals surface area contributed by atoms with E-state index in [2.05, 4.69) is 6.07 Å². The summed E-state index contributed by atoms with van der Waals surface area (Å²) in [5, 5.41) is 10.1. The van der Waals surface area contributed by atoms with Crippen LogP contribution in [0.25, 0.3) is 11.5 Å². The summed E-state index contributed by atoms with van der Waals surface area (Å²) in [6.45, 7) is 7.75. The molecule has 2 aromatic heterocycles. The summed E-state index contributed by atoms with van der Waals surface area (Å²) in [5.41, 5.74) is 2.58. The van der Waals surface area contributed by atoms with Gasteiger partial charge in [0.05, 0.1) is 30.6 Å². The number of rotatable bonds is 3. The molecule has 0 N–H and O–H groups in total. The molecule has 0 radical (unpaired) electrons. The van der Waals surface area contributed by atoms with Crippen molar-refractivity contribution in [3.05, 3.63) is 35.1 Å². The number of hydrogen-bond donors (Lipinski definition) is 0. The van der Waals surface area contributed by atoms with E-state index in [0.29, 0.717) is 62.0 Å². The van der Waals surface area contributed by atoms with E-state index in [4.69, 9.17) is 18.9 Å². The zero-order chi connectivity index (χ0) is 22.9. The summed E-state index contributed by atoms with van der Waals surface area (Å²) in [5.74, 6) is -0.293. The van der Waals surface area contributed by atoms with Crippen LogP contribution in [-0.4, -0.2) is 60.1 Å². The second-order valence-corrected chi connectivity index (χ2v) is 8.43. The normalized spacial score (nSPS) is 17.4. The fourth-order valence-corrected chi connectivity index (χ4v) is 4.16. The molecule has 0 spiro atoms. The van der Waals surface area contributed by atoms with E-state index in [1.165, 1.54) is 4.90 Å². The van der Waals surface area contributed by atoms with Crippen molar-refractivity contribution in [3.8, 4) is 17.5 Å². The highest BCUT2D eigenvalue weighted by Gasteiger charge is 2.35. The minimum atomic E-state index is -0.840. The van der Waals surface area contributed by atoms with Crippen LogP contribution in [0.3, 0.4) is 0 Å². The van der Waals surface area contributed by atoms with Gasteiger partial charge in [-0.25, -0.2) is 9.78 Å². The highest BCUT2D eigenvalue weighted by molar-refractivity contribution is 6.32. The first-order valence-corrected chi connectivity index (χ1v) is 10.7. The largest absolute Gasteiger partial charge is 0.463 e. The van der Waals surface area contributed by atoms with Crippen LogP contribution < -0.4 is 4.90 Å². The van der Waals surface area contributed by atoms with Crippen LogP contribution in [0, 0.1) is 11.3 Å². The van der Waals surface area contributed by atoms with Crippen LogP contribution in [-0.2, 0) is 32.1 Å². The molecule has 9 heteroatoms. The number of amides is 1. The van der Waals surface area contributed by atoms with E-state index in [1.54, 1.807) is 19.3 Å². The second-order valence-electron chi connectivity index (χ2n) is 8.43. The Balaban J connectivity index is 1.68. The number of hydrogen-bond acceptors (Lipinski definition) is 8. The monoisotopic (exact) mass is 438 g/mol. The number of furan rings is 1. The first-order chi connectivity index (χ1) is 15.3. The number of anilines is 1. The molecule has 32 heavy (non-hydrogen) atoms. The third-order valence-electron chi connectivity index (χ3n) is 5.79. The van der Waals surface area contributed by atoms with Gasteiger partial charge in [-0.1, -0.05) is 0 Å². The van der Waals surface area contributed by atoms with Crippen molar-refractivity contribution in [2.45, 2.75) is 39.4 Å². The molecule has 0 saturated carbocycles. The minimum absolute atomic E-state index is 0.157. The number of aromatic nitrogens is 1. The number of pyridine rings is 1. The molecular formula is C23H26N4O5. The molecule has 1 fully saturated rings. The molecule has 0 bridgehead atoms. The summed E-state index contributed by atoms with van der Waals surface area (Å²) in [6, 6.07) is 6.00. The van der Waals surface area contributed by atoms with E-state index in [0.717, 1.165) is 11.1 Å². The number of nitrogens with zero attached hydrogens (tertiary/aromatic N) is 4. The molecule has 9 nitrogen and oxygen atoms in total. The SMILES string of the molecule is CCOC(=O)C(=O)N1CCN(c2nc(-c3ccco3)c3c(c2C#N)CC(C)(C)OC3)CC1. The summed E-state index contributed by atoms with van der Waals surface area (Å²) < 4.78 is 16.5. The van der Waals surface area contributed by atoms with E-state index >= 15 is 0 Å². The summed E-state index contributed by atoms with van der Waals surface area (Å²) in [7, 11) is 0. The van der Waals surface area contributed by atoms with Gasteiger partial charge in [-0.05, 0) is 38.5 Å². The quantitative estimate of drug-likeness (QED) is 0.530. The Hall–Kier alpha value is -3.38. The van der Waals surface area contributed by atoms with Crippen LogP contribution in [0.15, 0.2) is 22.8 Å². The van der Waals surface area contributed by atoms with Crippen LogP contribution in [0.5, 0.6) is 0 Å². The van der Waals surface area contributed by atoms with Crippen LogP contribution in [0.4, 0.5) is 5.82 Å². The predicted octanol–water partition coefficient (Wildman–Crippen LogP) is 2.28. The lowest BCUT2D eigenvalue weighted by atomic mass is 9.87. The van der Waals surface area contributed by atoms with Gasteiger partial charge in [-0.3, -0.25) is 4.79 Å². The van der Waals surface area contributed by atoms with Crippen molar-refractivity contribution in [3.63, 3.8) is 0 Å². The highest BCUT2D eigenvalue weighted by atomic mass is 16.5. The Morgan fingerprint density at radius 3 is 2.62 bits per heavy atom. The molecular weight excluding hydrogens is 412 g/mol. The van der Waals surface area contributed by atoms with Gasteiger partial charge in [0.1, 0.15) is 17.6 Å². The predicted molar refractivity (Wildman–Crippen MR) is 115 cm³/mol. The Morgan fingerprint density at radius 2 is 2.00 bits per heavy atom. The Kier molecular flexibility index (Phi) is 5.89. The molecule has 0 aromatic carbocycles. The van der Waals surface area contributed by atoms with Crippen molar-refractivity contribution in [2.75, 3.05) is 37.7 Å². The fraction of sp³-hybridized carbons (Fsp3) is 0.478. The first kappa shape index (κ1) is 21.8. The third-order valence-corrected chi connectivity index (χ3v) is 5.79. The zero-order valence-electron chi connectivity index (χ0n) is 18.5. The minimum Gasteiger partial charge on any atom is -0.463 e. The lowest BCUT2D eigenvalue weighted by Gasteiger charge is -2.37. The van der Waals surface area contributed by atoms with Gasteiger partial charge in [-0.15, -0.1) is 0 Å². The molecule has 0 unspecified atom stereocenters. The van der Waals surface area contributed by atoms with Gasteiger partial charge < -0.3 is 23.7 Å². The van der Waals surface area contributed by atoms with E-state index in [9.17, 15) is 14.9 Å². The van der Waals surface area contributed by atoms with Crippen molar-refractivity contribution >= 4 is 17.7 Å². The Labute approximate surface area is 186 Å². The maximum atomic E-state index is 12.3. The molecule has 1 amide bonds. The molecule has 2 aromatic rings. The van der Waals surface area contributed by atoms with E-state index in [1.807, 2.05) is 24.8 Å². The molecule has 2 aliphatic rings. The van der Waals surface area contributed by atoms with Gasteiger partial charge in [0.25, 0.3) is 0 Å². The molecule has 4 rings (SSSR count). The van der Waals surface area contributed by atoms with Crippen molar-refractivity contribution in [2.24, 2.45) is 0 Å². The topological polar surface area (TPSA) is 109 Å². The smallest absolute Gasteiger partial charge is 0.397 e. The maximum Gasteiger partial charge on any atom is 0.397 e. The number of carbonyl (C=O) groups excluding carboxylic acids is 2. The summed E-state index contributed by atoms with van der Waals surface area (Å²) in [4.78, 5) is 32.4. The van der Waals surface area contributed by atoms with Gasteiger partial charge in [0, 0.05) is 38.2 Å². The molecule has 168 valence electrons. The average molecular weight is 438 g/mol. The average Bonchev–Trinajstić information content (AvgIpc) is 3.32. The van der Waals surface area contributed by atoms with Gasteiger partial charge in [0.15, 0.2) is 5.76 Å². The lowest BCUT2D eigenvalue weighted by molar-refractivity contribution is -0.160. The van der Waals surface area contributed by atoms with Crippen LogP contribution in [0.1, 0.15) is 37.5 Å². The van der Waals surface area contributed by atoms with Gasteiger partial charge in [-0.2, -0.15) is 5.26 Å².